The third-order valence-corrected chi connectivity index (χ3v) is 7.27. The normalized spacial score (nSPS) is 17.9. The monoisotopic (exact) mass is 502 g/mol. The second kappa shape index (κ2) is 11.0. The lowest BCUT2D eigenvalue weighted by Gasteiger charge is -2.39. The molecule has 3 aromatic carbocycles. The average Bonchev–Trinajstić information content (AvgIpc) is 3.24. The van der Waals surface area contributed by atoms with Gasteiger partial charge >= 0.3 is 11.8 Å². The van der Waals surface area contributed by atoms with Crippen molar-refractivity contribution >= 4 is 17.1 Å². The Kier molecular flexibility index (Phi) is 7.37. The van der Waals surface area contributed by atoms with Crippen LogP contribution >= 0.6 is 0 Å². The number of carbonyl (C=O) groups is 1. The summed E-state index contributed by atoms with van der Waals surface area (Å²) in [6, 6.07) is 23.9. The van der Waals surface area contributed by atoms with Crippen molar-refractivity contribution in [3.63, 3.8) is 0 Å². The third kappa shape index (κ3) is 5.75. The first-order valence-corrected chi connectivity index (χ1v) is 12.7. The molecule has 0 spiro atoms. The molecule has 2 heterocycles. The summed E-state index contributed by atoms with van der Waals surface area (Å²) in [5.74, 6) is -0.267. The van der Waals surface area contributed by atoms with E-state index in [1.54, 1.807) is 16.7 Å². The standard InChI is InChI=1S/C29H31FN4O3/c30-23-12-10-22(11-13-23)20-32(19-21-6-2-1-3-7-21)16-14-24-18-25(15-17-33(24)29(36)37)34-27-9-5-4-8-26(27)31-28(34)35/h1-13,24-25H,14-20H2,(H,31,35)(H,36,37). The molecule has 5 rings (SSSR count). The maximum Gasteiger partial charge on any atom is 0.407 e. The van der Waals surface area contributed by atoms with Gasteiger partial charge in [-0.2, -0.15) is 0 Å². The minimum atomic E-state index is -0.928. The molecule has 1 fully saturated rings. The van der Waals surface area contributed by atoms with Gasteiger partial charge in [-0.05, 0) is 54.7 Å². The van der Waals surface area contributed by atoms with Crippen LogP contribution in [0.1, 0.15) is 36.4 Å². The molecule has 2 N–H and O–H groups in total. The molecule has 37 heavy (non-hydrogen) atoms. The van der Waals surface area contributed by atoms with Crippen molar-refractivity contribution in [2.45, 2.75) is 44.4 Å². The Morgan fingerprint density at radius 2 is 1.65 bits per heavy atom. The third-order valence-electron chi connectivity index (χ3n) is 7.27. The summed E-state index contributed by atoms with van der Waals surface area (Å²) in [6.07, 6.45) is 0.869. The van der Waals surface area contributed by atoms with Crippen LogP contribution in [0.5, 0.6) is 0 Å². The van der Waals surface area contributed by atoms with E-state index in [9.17, 15) is 19.1 Å². The van der Waals surface area contributed by atoms with Crippen LogP contribution in [0.2, 0.25) is 0 Å². The van der Waals surface area contributed by atoms with Crippen molar-refractivity contribution in [1.29, 1.82) is 0 Å². The number of aromatic amines is 1. The van der Waals surface area contributed by atoms with Crippen molar-refractivity contribution in [3.8, 4) is 0 Å². The van der Waals surface area contributed by atoms with Gasteiger partial charge in [-0.15, -0.1) is 0 Å². The maximum absolute atomic E-state index is 13.5. The fourth-order valence-electron chi connectivity index (χ4n) is 5.46. The zero-order valence-corrected chi connectivity index (χ0v) is 20.6. The Hall–Kier alpha value is -3.91. The lowest BCUT2D eigenvalue weighted by atomic mass is 9.94. The molecule has 1 saturated heterocycles. The van der Waals surface area contributed by atoms with E-state index in [2.05, 4.69) is 22.0 Å². The quantitative estimate of drug-likeness (QED) is 0.345. The summed E-state index contributed by atoms with van der Waals surface area (Å²) in [7, 11) is 0. The number of amides is 1. The molecule has 0 bridgehead atoms. The number of aromatic nitrogens is 2. The van der Waals surface area contributed by atoms with Crippen molar-refractivity contribution in [3.05, 3.63) is 106 Å². The Morgan fingerprint density at radius 1 is 0.973 bits per heavy atom. The van der Waals surface area contributed by atoms with Gasteiger partial charge in [0.05, 0.1) is 11.0 Å². The molecule has 1 aliphatic heterocycles. The summed E-state index contributed by atoms with van der Waals surface area (Å²) < 4.78 is 15.3. The van der Waals surface area contributed by atoms with E-state index < -0.39 is 6.09 Å². The van der Waals surface area contributed by atoms with Gasteiger partial charge in [0.15, 0.2) is 0 Å². The number of benzene rings is 3. The molecule has 1 aromatic heterocycles. The number of nitrogens with one attached hydrogen (secondary N) is 1. The number of para-hydroxylation sites is 2. The van der Waals surface area contributed by atoms with Crippen LogP contribution in [0, 0.1) is 5.82 Å². The number of fused-ring (bicyclic) bond motifs is 1. The zero-order valence-electron chi connectivity index (χ0n) is 20.6. The number of imidazole rings is 1. The second-order valence-electron chi connectivity index (χ2n) is 9.74. The number of hydrogen-bond acceptors (Lipinski definition) is 3. The average molecular weight is 503 g/mol. The van der Waals surface area contributed by atoms with E-state index in [4.69, 9.17) is 0 Å². The minimum Gasteiger partial charge on any atom is -0.465 e. The van der Waals surface area contributed by atoms with E-state index in [0.717, 1.165) is 22.2 Å². The van der Waals surface area contributed by atoms with Crippen LogP contribution in [-0.4, -0.2) is 49.7 Å². The zero-order chi connectivity index (χ0) is 25.8. The van der Waals surface area contributed by atoms with Gasteiger partial charge in [0.2, 0.25) is 0 Å². The lowest BCUT2D eigenvalue weighted by molar-refractivity contribution is 0.0812. The van der Waals surface area contributed by atoms with Gasteiger partial charge in [-0.1, -0.05) is 54.6 Å². The summed E-state index contributed by atoms with van der Waals surface area (Å²) in [4.78, 5) is 31.6. The highest BCUT2D eigenvalue weighted by molar-refractivity contribution is 5.75. The van der Waals surface area contributed by atoms with Crippen LogP contribution in [0.15, 0.2) is 83.7 Å². The van der Waals surface area contributed by atoms with E-state index in [1.165, 1.54) is 17.0 Å². The summed E-state index contributed by atoms with van der Waals surface area (Å²) in [5, 5.41) is 9.92. The number of piperidine rings is 1. The molecule has 2 unspecified atom stereocenters. The Bertz CT molecular complexity index is 1400. The lowest BCUT2D eigenvalue weighted by Crippen LogP contribution is -2.48. The molecule has 0 radical (unpaired) electrons. The van der Waals surface area contributed by atoms with Gasteiger partial charge in [0, 0.05) is 38.3 Å². The van der Waals surface area contributed by atoms with Gasteiger partial charge in [0.1, 0.15) is 5.82 Å². The fourth-order valence-corrected chi connectivity index (χ4v) is 5.46. The number of hydrogen-bond donors (Lipinski definition) is 2. The smallest absolute Gasteiger partial charge is 0.407 e. The highest BCUT2D eigenvalue weighted by atomic mass is 19.1. The molecule has 7 nitrogen and oxygen atoms in total. The highest BCUT2D eigenvalue weighted by Crippen LogP contribution is 2.30. The number of nitrogens with zero attached hydrogens (tertiary/aromatic N) is 3. The van der Waals surface area contributed by atoms with E-state index in [1.807, 2.05) is 42.5 Å². The van der Waals surface area contributed by atoms with Crippen molar-refractivity contribution in [2.75, 3.05) is 13.1 Å². The van der Waals surface area contributed by atoms with Crippen LogP contribution in [0.3, 0.4) is 0 Å². The predicted molar refractivity (Wildman–Crippen MR) is 141 cm³/mol. The predicted octanol–water partition coefficient (Wildman–Crippen LogP) is 5.24. The first-order valence-electron chi connectivity index (χ1n) is 12.7. The highest BCUT2D eigenvalue weighted by Gasteiger charge is 2.33. The van der Waals surface area contributed by atoms with Gasteiger partial charge in [0.25, 0.3) is 0 Å². The number of halogens is 1. The molecule has 2 atom stereocenters. The van der Waals surface area contributed by atoms with Crippen LogP contribution < -0.4 is 5.69 Å². The van der Waals surface area contributed by atoms with Crippen molar-refractivity contribution < 1.29 is 14.3 Å². The Labute approximate surface area is 214 Å². The second-order valence-corrected chi connectivity index (χ2v) is 9.74. The van der Waals surface area contributed by atoms with Gasteiger partial charge in [-0.25, -0.2) is 14.0 Å². The number of rotatable bonds is 8. The topological polar surface area (TPSA) is 81.6 Å². The van der Waals surface area contributed by atoms with Crippen LogP contribution in [0.25, 0.3) is 11.0 Å². The molecule has 0 saturated carbocycles. The van der Waals surface area contributed by atoms with E-state index in [-0.39, 0.29) is 23.6 Å². The van der Waals surface area contributed by atoms with E-state index in [0.29, 0.717) is 45.4 Å². The maximum atomic E-state index is 13.5. The van der Waals surface area contributed by atoms with Crippen molar-refractivity contribution in [2.24, 2.45) is 0 Å². The summed E-state index contributed by atoms with van der Waals surface area (Å²) in [5.41, 5.74) is 3.64. The molecule has 192 valence electrons. The SMILES string of the molecule is O=C(O)N1CCC(n2c(=O)[nH]c3ccccc32)CC1CCN(Cc1ccccc1)Cc1ccc(F)cc1. The van der Waals surface area contributed by atoms with Crippen LogP contribution in [-0.2, 0) is 13.1 Å². The van der Waals surface area contributed by atoms with Gasteiger partial charge < -0.3 is 15.0 Å². The number of carboxylic acid groups (broad SMARTS) is 1. The molecule has 1 aliphatic rings. The van der Waals surface area contributed by atoms with Crippen molar-refractivity contribution in [1.82, 2.24) is 19.4 Å². The van der Waals surface area contributed by atoms with Crippen LogP contribution in [0.4, 0.5) is 9.18 Å². The fraction of sp³-hybridized carbons (Fsp3) is 0.310. The van der Waals surface area contributed by atoms with E-state index >= 15 is 0 Å². The first-order chi connectivity index (χ1) is 18.0. The molecule has 8 heteroatoms. The molecular formula is C29H31FN4O3. The Morgan fingerprint density at radius 3 is 2.38 bits per heavy atom. The molecular weight excluding hydrogens is 471 g/mol. The molecule has 0 aliphatic carbocycles. The summed E-state index contributed by atoms with van der Waals surface area (Å²) >= 11 is 0. The van der Waals surface area contributed by atoms with Gasteiger partial charge in [-0.3, -0.25) is 9.47 Å². The number of likely N-dealkylation sites (tertiary alicyclic amines) is 1. The first kappa shape index (κ1) is 24.8. The number of H-pyrrole nitrogens is 1. The minimum absolute atomic E-state index is 0.0797. The molecule has 1 amide bonds. The molecule has 4 aromatic rings. The largest absolute Gasteiger partial charge is 0.465 e. The summed E-state index contributed by atoms with van der Waals surface area (Å²) in [6.45, 7) is 2.37. The Balaban J connectivity index is 1.35.